The molecule has 0 radical (unpaired) electrons. The lowest BCUT2D eigenvalue weighted by Crippen LogP contribution is -2.18. The number of carboxylic acids is 1. The SMILES string of the molecule is Cl.N[C@@H](CO)c1c(C(=O)O)ccc(Br)c1O. The normalized spacial score (nSPS) is 11.7. The van der Waals surface area contributed by atoms with Crippen LogP contribution in [-0.4, -0.2) is 27.9 Å². The second-order valence-corrected chi connectivity index (χ2v) is 3.81. The Bertz CT molecular complexity index is 399. The van der Waals surface area contributed by atoms with E-state index >= 15 is 0 Å². The molecule has 1 rings (SSSR count). The third kappa shape index (κ3) is 2.85. The van der Waals surface area contributed by atoms with Crippen molar-refractivity contribution in [1.29, 1.82) is 0 Å². The topological polar surface area (TPSA) is 104 Å². The lowest BCUT2D eigenvalue weighted by Gasteiger charge is -2.14. The summed E-state index contributed by atoms with van der Waals surface area (Å²) in [7, 11) is 0. The Hall–Kier alpha value is -0.820. The van der Waals surface area contributed by atoms with Gasteiger partial charge in [0.1, 0.15) is 5.75 Å². The Morgan fingerprint density at radius 2 is 2.06 bits per heavy atom. The van der Waals surface area contributed by atoms with Crippen LogP contribution in [0.25, 0.3) is 0 Å². The highest BCUT2D eigenvalue weighted by atomic mass is 79.9. The van der Waals surface area contributed by atoms with E-state index in [0.29, 0.717) is 4.47 Å². The molecule has 5 nitrogen and oxygen atoms in total. The van der Waals surface area contributed by atoms with Crippen molar-refractivity contribution < 1.29 is 20.1 Å². The van der Waals surface area contributed by atoms with Crippen molar-refractivity contribution in [2.75, 3.05) is 6.61 Å². The largest absolute Gasteiger partial charge is 0.506 e. The number of aliphatic hydroxyl groups excluding tert-OH is 1. The molecule has 90 valence electrons. The van der Waals surface area contributed by atoms with Crippen LogP contribution >= 0.6 is 28.3 Å². The highest BCUT2D eigenvalue weighted by Gasteiger charge is 2.21. The number of benzene rings is 1. The molecule has 1 atom stereocenters. The lowest BCUT2D eigenvalue weighted by molar-refractivity contribution is 0.0694. The molecule has 16 heavy (non-hydrogen) atoms. The van der Waals surface area contributed by atoms with Crippen molar-refractivity contribution in [1.82, 2.24) is 0 Å². The molecular weight excluding hydrogens is 301 g/mol. The fourth-order valence-electron chi connectivity index (χ4n) is 1.23. The van der Waals surface area contributed by atoms with Gasteiger partial charge in [-0.2, -0.15) is 0 Å². The van der Waals surface area contributed by atoms with Gasteiger partial charge in [0.25, 0.3) is 0 Å². The first-order valence-electron chi connectivity index (χ1n) is 4.10. The summed E-state index contributed by atoms with van der Waals surface area (Å²) in [6.45, 7) is -0.440. The van der Waals surface area contributed by atoms with Gasteiger partial charge in [-0.1, -0.05) is 0 Å². The van der Waals surface area contributed by atoms with Crippen LogP contribution < -0.4 is 5.73 Å². The summed E-state index contributed by atoms with van der Waals surface area (Å²) in [5.41, 5.74) is 5.42. The molecule has 1 aromatic rings. The van der Waals surface area contributed by atoms with E-state index in [2.05, 4.69) is 15.9 Å². The summed E-state index contributed by atoms with van der Waals surface area (Å²) in [6.07, 6.45) is 0. The third-order valence-corrected chi connectivity index (χ3v) is 2.61. The zero-order chi connectivity index (χ0) is 11.6. The van der Waals surface area contributed by atoms with Crippen molar-refractivity contribution in [3.05, 3.63) is 27.7 Å². The Kier molecular flexibility index (Phi) is 5.74. The molecule has 0 aliphatic carbocycles. The molecule has 7 heteroatoms. The van der Waals surface area contributed by atoms with Crippen LogP contribution in [0.1, 0.15) is 22.0 Å². The van der Waals surface area contributed by atoms with E-state index in [1.165, 1.54) is 12.1 Å². The van der Waals surface area contributed by atoms with Crippen molar-refractivity contribution >= 4 is 34.3 Å². The number of carbonyl (C=O) groups is 1. The number of aliphatic hydroxyl groups is 1. The second-order valence-electron chi connectivity index (χ2n) is 2.95. The first-order valence-corrected chi connectivity index (χ1v) is 4.89. The quantitative estimate of drug-likeness (QED) is 0.673. The van der Waals surface area contributed by atoms with Gasteiger partial charge < -0.3 is 21.1 Å². The number of halogens is 2. The fraction of sp³-hybridized carbons (Fsp3) is 0.222. The number of hydrogen-bond acceptors (Lipinski definition) is 4. The molecule has 0 aliphatic rings. The van der Waals surface area contributed by atoms with Gasteiger partial charge in [-0.3, -0.25) is 0 Å². The highest BCUT2D eigenvalue weighted by Crippen LogP contribution is 2.33. The molecule has 0 amide bonds. The van der Waals surface area contributed by atoms with E-state index in [0.717, 1.165) is 0 Å². The predicted octanol–water partition coefficient (Wildman–Crippen LogP) is 1.27. The van der Waals surface area contributed by atoms with Gasteiger partial charge in [-0.05, 0) is 28.1 Å². The number of aromatic carboxylic acids is 1. The number of phenols is 1. The van der Waals surface area contributed by atoms with Gasteiger partial charge in [0, 0.05) is 5.56 Å². The maximum absolute atomic E-state index is 10.8. The van der Waals surface area contributed by atoms with Crippen LogP contribution in [0, 0.1) is 0 Å². The molecule has 1 aromatic carbocycles. The molecule has 0 unspecified atom stereocenters. The second kappa shape index (κ2) is 6.05. The number of rotatable bonds is 3. The molecule has 0 saturated heterocycles. The van der Waals surface area contributed by atoms with Crippen LogP contribution in [0.15, 0.2) is 16.6 Å². The Morgan fingerprint density at radius 1 is 1.50 bits per heavy atom. The van der Waals surface area contributed by atoms with Crippen molar-refractivity contribution in [3.8, 4) is 5.75 Å². The summed E-state index contributed by atoms with van der Waals surface area (Å²) in [6, 6.07) is 1.80. The van der Waals surface area contributed by atoms with Gasteiger partial charge in [0.15, 0.2) is 0 Å². The average Bonchev–Trinajstić information content (AvgIpc) is 2.20. The van der Waals surface area contributed by atoms with Crippen LogP contribution in [0.3, 0.4) is 0 Å². The van der Waals surface area contributed by atoms with E-state index in [1.807, 2.05) is 0 Å². The van der Waals surface area contributed by atoms with Crippen molar-refractivity contribution in [2.24, 2.45) is 5.73 Å². The summed E-state index contributed by atoms with van der Waals surface area (Å²) in [5, 5.41) is 27.4. The van der Waals surface area contributed by atoms with Gasteiger partial charge >= 0.3 is 5.97 Å². The summed E-state index contributed by atoms with van der Waals surface area (Å²) in [4.78, 5) is 10.8. The fourth-order valence-corrected chi connectivity index (χ4v) is 1.58. The van der Waals surface area contributed by atoms with E-state index in [-0.39, 0.29) is 29.3 Å². The van der Waals surface area contributed by atoms with Gasteiger partial charge in [0.05, 0.1) is 22.7 Å². The molecule has 0 aliphatic heterocycles. The summed E-state index contributed by atoms with van der Waals surface area (Å²) >= 11 is 3.05. The standard InChI is InChI=1S/C9H10BrNO4.ClH/c10-5-2-1-4(9(14)15)7(8(5)13)6(11)3-12;/h1-2,6,12-13H,3,11H2,(H,14,15);1H/t6-;/m0./s1. The monoisotopic (exact) mass is 311 g/mol. The number of nitrogens with two attached hydrogens (primary N) is 1. The van der Waals surface area contributed by atoms with Crippen LogP contribution in [0.4, 0.5) is 0 Å². The zero-order valence-corrected chi connectivity index (χ0v) is 10.5. The highest BCUT2D eigenvalue weighted by molar-refractivity contribution is 9.10. The Labute approximate surface area is 106 Å². The van der Waals surface area contributed by atoms with Crippen LogP contribution in [0.5, 0.6) is 5.75 Å². The van der Waals surface area contributed by atoms with E-state index in [4.69, 9.17) is 15.9 Å². The Balaban J connectivity index is 0.00000225. The Morgan fingerprint density at radius 3 is 2.50 bits per heavy atom. The number of phenolic OH excluding ortho intramolecular Hbond substituents is 1. The number of aromatic hydroxyl groups is 1. The minimum absolute atomic E-state index is 0. The number of hydrogen-bond donors (Lipinski definition) is 4. The molecule has 0 aromatic heterocycles. The van der Waals surface area contributed by atoms with E-state index in [1.54, 1.807) is 0 Å². The van der Waals surface area contributed by atoms with Crippen molar-refractivity contribution in [3.63, 3.8) is 0 Å². The van der Waals surface area contributed by atoms with Gasteiger partial charge in [-0.25, -0.2) is 4.79 Å². The molecular formula is C9H11BrClNO4. The molecule has 0 spiro atoms. The first kappa shape index (κ1) is 15.2. The lowest BCUT2D eigenvalue weighted by atomic mass is 10.0. The maximum Gasteiger partial charge on any atom is 0.336 e. The maximum atomic E-state index is 10.8. The molecule has 0 saturated carbocycles. The van der Waals surface area contributed by atoms with Crippen LogP contribution in [0.2, 0.25) is 0 Å². The molecule has 0 bridgehead atoms. The number of carboxylic acid groups (broad SMARTS) is 1. The van der Waals surface area contributed by atoms with Gasteiger partial charge in [0.2, 0.25) is 0 Å². The molecule has 0 fully saturated rings. The predicted molar refractivity (Wildman–Crippen MR) is 64.0 cm³/mol. The first-order chi connectivity index (χ1) is 6.99. The molecule has 5 N–H and O–H groups in total. The zero-order valence-electron chi connectivity index (χ0n) is 8.05. The molecule has 0 heterocycles. The van der Waals surface area contributed by atoms with Crippen LogP contribution in [-0.2, 0) is 0 Å². The van der Waals surface area contributed by atoms with E-state index < -0.39 is 18.6 Å². The minimum atomic E-state index is -1.20. The van der Waals surface area contributed by atoms with Crippen molar-refractivity contribution in [2.45, 2.75) is 6.04 Å². The summed E-state index contributed by atoms with van der Waals surface area (Å²) in [5.74, 6) is -1.45. The van der Waals surface area contributed by atoms with E-state index in [9.17, 15) is 9.90 Å². The average molecular weight is 313 g/mol. The summed E-state index contributed by atoms with van der Waals surface area (Å²) < 4.78 is 0.339. The van der Waals surface area contributed by atoms with Gasteiger partial charge in [-0.15, -0.1) is 12.4 Å². The smallest absolute Gasteiger partial charge is 0.336 e. The third-order valence-electron chi connectivity index (χ3n) is 1.97. The minimum Gasteiger partial charge on any atom is -0.506 e.